The molecule has 4 rings (SSSR count). The molecule has 30 heavy (non-hydrogen) atoms. The first-order chi connectivity index (χ1) is 14.0. The van der Waals surface area contributed by atoms with E-state index in [9.17, 15) is 31.1 Å². The van der Waals surface area contributed by atoms with E-state index in [1.165, 1.54) is 17.2 Å². The standard InChI is InChI=1S/C18H19F6N5O/c19-17(20,21)8-27-16(30)29-6-11(9-1-2-9)13(7-29)28-14-10-3-4-25-15(10)26-5-12(14)18(22,23)24/h3-5,9,11,13H,1-2,6-8H2,(H,27,30)(H2,25,26,28). The molecule has 3 heterocycles. The van der Waals surface area contributed by atoms with E-state index in [1.807, 2.05) is 5.32 Å². The number of carbonyl (C=O) groups is 1. The molecular formula is C18H19F6N5O. The van der Waals surface area contributed by atoms with Crippen LogP contribution >= 0.6 is 0 Å². The van der Waals surface area contributed by atoms with Gasteiger partial charge < -0.3 is 20.5 Å². The lowest BCUT2D eigenvalue weighted by Crippen LogP contribution is -2.43. The predicted octanol–water partition coefficient (Wildman–Crippen LogP) is 3.98. The minimum Gasteiger partial charge on any atom is -0.379 e. The zero-order chi connectivity index (χ0) is 21.7. The number of nitrogens with zero attached hydrogens (tertiary/aromatic N) is 2. The average Bonchev–Trinajstić information content (AvgIpc) is 3.21. The summed E-state index contributed by atoms with van der Waals surface area (Å²) >= 11 is 0. The van der Waals surface area contributed by atoms with Crippen LogP contribution in [0, 0.1) is 11.8 Å². The number of likely N-dealkylation sites (tertiary alicyclic amines) is 1. The number of aromatic nitrogens is 2. The van der Waals surface area contributed by atoms with Gasteiger partial charge in [0.1, 0.15) is 12.2 Å². The summed E-state index contributed by atoms with van der Waals surface area (Å²) in [4.78, 5) is 20.0. The highest BCUT2D eigenvalue weighted by atomic mass is 19.4. The van der Waals surface area contributed by atoms with Crippen LogP contribution in [0.3, 0.4) is 0 Å². The molecule has 2 aromatic rings. The SMILES string of the molecule is O=C(NCC(F)(F)F)N1CC(Nc2c(C(F)(F)F)cnc3[nH]ccc23)C(C2CC2)C1. The molecule has 1 aliphatic carbocycles. The molecule has 2 atom stereocenters. The lowest BCUT2D eigenvalue weighted by Gasteiger charge is -2.23. The molecule has 0 aromatic carbocycles. The third-order valence-electron chi connectivity index (χ3n) is 5.54. The van der Waals surface area contributed by atoms with Gasteiger partial charge in [-0.2, -0.15) is 26.3 Å². The third kappa shape index (κ3) is 4.26. The topological polar surface area (TPSA) is 73.1 Å². The van der Waals surface area contributed by atoms with Crippen LogP contribution in [0.1, 0.15) is 18.4 Å². The number of H-pyrrole nitrogens is 1. The van der Waals surface area contributed by atoms with E-state index in [-0.39, 0.29) is 41.6 Å². The van der Waals surface area contributed by atoms with E-state index in [1.54, 1.807) is 0 Å². The van der Waals surface area contributed by atoms with Crippen molar-refractivity contribution in [3.63, 3.8) is 0 Å². The summed E-state index contributed by atoms with van der Waals surface area (Å²) in [5, 5.41) is 5.04. The van der Waals surface area contributed by atoms with Crippen molar-refractivity contribution in [2.45, 2.75) is 31.2 Å². The average molecular weight is 435 g/mol. The number of rotatable bonds is 4. The van der Waals surface area contributed by atoms with Crippen LogP contribution in [0.5, 0.6) is 0 Å². The summed E-state index contributed by atoms with van der Waals surface area (Å²) in [7, 11) is 0. The van der Waals surface area contributed by atoms with Crippen LogP contribution in [-0.2, 0) is 6.18 Å². The fourth-order valence-electron chi connectivity index (χ4n) is 4.00. The van der Waals surface area contributed by atoms with E-state index in [2.05, 4.69) is 15.3 Å². The molecule has 2 amide bonds. The normalized spacial score (nSPS) is 22.5. The van der Waals surface area contributed by atoms with Crippen LogP contribution in [0.15, 0.2) is 18.5 Å². The second-order valence-electron chi connectivity index (χ2n) is 7.72. The Balaban J connectivity index is 1.58. The van der Waals surface area contributed by atoms with Gasteiger partial charge in [-0.15, -0.1) is 0 Å². The highest BCUT2D eigenvalue weighted by Gasteiger charge is 2.45. The number of alkyl halides is 6. The number of amides is 2. The van der Waals surface area contributed by atoms with Gasteiger partial charge in [-0.25, -0.2) is 9.78 Å². The van der Waals surface area contributed by atoms with Gasteiger partial charge in [-0.1, -0.05) is 0 Å². The van der Waals surface area contributed by atoms with Gasteiger partial charge in [0.25, 0.3) is 0 Å². The van der Waals surface area contributed by atoms with E-state index in [0.717, 1.165) is 19.0 Å². The Morgan fingerprint density at radius 3 is 2.57 bits per heavy atom. The number of fused-ring (bicyclic) bond motifs is 1. The molecule has 2 unspecified atom stereocenters. The van der Waals surface area contributed by atoms with Gasteiger partial charge in [0, 0.05) is 42.8 Å². The molecule has 1 aliphatic heterocycles. The molecule has 3 N–H and O–H groups in total. The van der Waals surface area contributed by atoms with Crippen molar-refractivity contribution in [1.29, 1.82) is 0 Å². The van der Waals surface area contributed by atoms with E-state index in [0.29, 0.717) is 0 Å². The molecule has 0 spiro atoms. The molecule has 0 radical (unpaired) electrons. The zero-order valence-corrected chi connectivity index (χ0v) is 15.6. The summed E-state index contributed by atoms with van der Waals surface area (Å²) in [5.41, 5.74) is -0.780. The Bertz CT molecular complexity index is 935. The zero-order valence-electron chi connectivity index (χ0n) is 15.6. The van der Waals surface area contributed by atoms with Crippen molar-refractivity contribution in [2.75, 3.05) is 25.0 Å². The molecule has 12 heteroatoms. The Hall–Kier alpha value is -2.66. The second-order valence-corrected chi connectivity index (χ2v) is 7.72. The molecule has 2 aromatic heterocycles. The first kappa shape index (κ1) is 20.6. The highest BCUT2D eigenvalue weighted by Crippen LogP contribution is 2.44. The predicted molar refractivity (Wildman–Crippen MR) is 95.7 cm³/mol. The summed E-state index contributed by atoms with van der Waals surface area (Å²) in [6, 6.07) is 0.0880. The van der Waals surface area contributed by atoms with Crippen LogP contribution in [-0.4, -0.2) is 52.8 Å². The lowest BCUT2D eigenvalue weighted by molar-refractivity contribution is -0.137. The first-order valence-corrected chi connectivity index (χ1v) is 9.42. The third-order valence-corrected chi connectivity index (χ3v) is 5.54. The quantitative estimate of drug-likeness (QED) is 0.637. The van der Waals surface area contributed by atoms with Gasteiger partial charge in [0.05, 0.1) is 11.3 Å². The summed E-state index contributed by atoms with van der Waals surface area (Å²) in [6.07, 6.45) is -5.20. The summed E-state index contributed by atoms with van der Waals surface area (Å²) in [5.74, 6) is 0.0747. The summed E-state index contributed by atoms with van der Waals surface area (Å²) in [6.45, 7) is -1.26. The maximum atomic E-state index is 13.6. The molecule has 6 nitrogen and oxygen atoms in total. The number of halogens is 6. The molecule has 1 saturated carbocycles. The number of urea groups is 1. The van der Waals surface area contributed by atoms with Gasteiger partial charge >= 0.3 is 18.4 Å². The Kier molecular flexibility index (Phi) is 4.97. The largest absolute Gasteiger partial charge is 0.419 e. The van der Waals surface area contributed by atoms with Crippen LogP contribution in [0.4, 0.5) is 36.8 Å². The Labute approximate surface area is 167 Å². The fourth-order valence-corrected chi connectivity index (χ4v) is 4.00. The van der Waals surface area contributed by atoms with Crippen LogP contribution < -0.4 is 10.6 Å². The van der Waals surface area contributed by atoms with Crippen molar-refractivity contribution < 1.29 is 31.1 Å². The minimum absolute atomic E-state index is 0.0103. The summed E-state index contributed by atoms with van der Waals surface area (Å²) < 4.78 is 77.9. The number of hydrogen-bond donors (Lipinski definition) is 3. The highest BCUT2D eigenvalue weighted by molar-refractivity contribution is 5.91. The maximum absolute atomic E-state index is 13.6. The molecule has 164 valence electrons. The van der Waals surface area contributed by atoms with Gasteiger partial charge in [-0.3, -0.25) is 0 Å². The first-order valence-electron chi connectivity index (χ1n) is 9.42. The number of hydrogen-bond acceptors (Lipinski definition) is 3. The monoisotopic (exact) mass is 435 g/mol. The number of carbonyl (C=O) groups excluding carboxylic acids is 1. The smallest absolute Gasteiger partial charge is 0.379 e. The molecular weight excluding hydrogens is 416 g/mol. The van der Waals surface area contributed by atoms with Crippen LogP contribution in [0.2, 0.25) is 0 Å². The lowest BCUT2D eigenvalue weighted by atomic mass is 9.97. The number of nitrogens with one attached hydrogen (secondary N) is 3. The molecule has 1 saturated heterocycles. The minimum atomic E-state index is -4.64. The molecule has 2 aliphatic rings. The van der Waals surface area contributed by atoms with Gasteiger partial charge in [0.2, 0.25) is 0 Å². The maximum Gasteiger partial charge on any atom is 0.419 e. The Morgan fingerprint density at radius 1 is 1.20 bits per heavy atom. The van der Waals surface area contributed by atoms with E-state index in [4.69, 9.17) is 0 Å². The number of aromatic amines is 1. The molecule has 2 fully saturated rings. The second kappa shape index (κ2) is 7.24. The van der Waals surface area contributed by atoms with Crippen LogP contribution in [0.25, 0.3) is 11.0 Å². The fraction of sp³-hybridized carbons (Fsp3) is 0.556. The van der Waals surface area contributed by atoms with Crippen molar-refractivity contribution >= 4 is 22.8 Å². The number of anilines is 1. The molecule has 0 bridgehead atoms. The van der Waals surface area contributed by atoms with Crippen molar-refractivity contribution in [2.24, 2.45) is 11.8 Å². The Morgan fingerprint density at radius 2 is 1.93 bits per heavy atom. The van der Waals surface area contributed by atoms with Crippen molar-refractivity contribution in [3.05, 3.63) is 24.0 Å². The van der Waals surface area contributed by atoms with Crippen molar-refractivity contribution in [3.8, 4) is 0 Å². The van der Waals surface area contributed by atoms with Gasteiger partial charge in [-0.05, 0) is 24.8 Å². The van der Waals surface area contributed by atoms with Crippen molar-refractivity contribution in [1.82, 2.24) is 20.2 Å². The van der Waals surface area contributed by atoms with Gasteiger partial charge in [0.15, 0.2) is 0 Å². The van der Waals surface area contributed by atoms with E-state index >= 15 is 0 Å². The van der Waals surface area contributed by atoms with E-state index < -0.39 is 36.5 Å². The number of pyridine rings is 1.